The number of hydrogen-bond acceptors (Lipinski definition) is 1. The Morgan fingerprint density at radius 3 is 1.94 bits per heavy atom. The zero-order valence-electron chi connectivity index (χ0n) is 21.4. The van der Waals surface area contributed by atoms with Crippen LogP contribution in [0.15, 0.2) is 36.4 Å². The molecule has 0 heterocycles. The molecule has 0 atom stereocenters. The molecule has 0 amide bonds. The summed E-state index contributed by atoms with van der Waals surface area (Å²) < 4.78 is 0. The number of aryl methyl sites for hydroxylation is 1. The Balaban J connectivity index is 1.27. The first-order valence-electron chi connectivity index (χ1n) is 14.4. The van der Waals surface area contributed by atoms with Crippen LogP contribution in [0, 0.1) is 29.1 Å². The van der Waals surface area contributed by atoms with E-state index in [0.717, 1.165) is 30.1 Å². The summed E-state index contributed by atoms with van der Waals surface area (Å²) >= 11 is 0. The minimum absolute atomic E-state index is 0.811. The highest BCUT2D eigenvalue weighted by Crippen LogP contribution is 2.40. The number of nitriles is 1. The van der Waals surface area contributed by atoms with E-state index in [1.807, 2.05) is 6.08 Å². The molecule has 1 heteroatoms. The molecule has 3 rings (SSSR count). The molecule has 1 aromatic carbocycles. The lowest BCUT2D eigenvalue weighted by Gasteiger charge is -2.32. The topological polar surface area (TPSA) is 23.8 Å². The molecule has 0 radical (unpaired) electrons. The fraction of sp³-hybridized carbons (Fsp3) is 0.719. The lowest BCUT2D eigenvalue weighted by molar-refractivity contribution is 0.225. The van der Waals surface area contributed by atoms with Gasteiger partial charge in [0.25, 0.3) is 0 Å². The quantitative estimate of drug-likeness (QED) is 0.218. The minimum Gasteiger partial charge on any atom is -0.193 e. The largest absolute Gasteiger partial charge is 0.193 e. The molecular weight excluding hydrogens is 398 g/mol. The Labute approximate surface area is 205 Å². The van der Waals surface area contributed by atoms with E-state index < -0.39 is 0 Å². The van der Waals surface area contributed by atoms with Gasteiger partial charge in [-0.1, -0.05) is 101 Å². The first kappa shape index (κ1) is 26.1. The molecule has 33 heavy (non-hydrogen) atoms. The molecule has 0 bridgehead atoms. The molecule has 0 aliphatic heterocycles. The molecule has 1 nitrogen and oxygen atoms in total. The number of hydrogen-bond donors (Lipinski definition) is 0. The molecule has 1 aromatic rings. The van der Waals surface area contributed by atoms with E-state index >= 15 is 0 Å². The molecule has 0 unspecified atom stereocenters. The standard InChI is InChI=1S/C32H49N/c1-2-3-4-5-7-10-28-18-22-31(23-19-28)32-24-20-30(21-25-32)17-16-29-14-12-27(13-15-29)11-8-6-9-26-33/h6,9,18-19,22-23,27,29-30,32H,2-5,7-8,10-17,20-21,24-25H2,1H3/b9-6+/t27-,29-,30-,32-. The fourth-order valence-corrected chi connectivity index (χ4v) is 6.42. The van der Waals surface area contributed by atoms with Gasteiger partial charge >= 0.3 is 0 Å². The van der Waals surface area contributed by atoms with Gasteiger partial charge in [0, 0.05) is 6.08 Å². The van der Waals surface area contributed by atoms with Gasteiger partial charge in [0.15, 0.2) is 0 Å². The van der Waals surface area contributed by atoms with E-state index in [1.54, 1.807) is 11.6 Å². The number of rotatable bonds is 13. The van der Waals surface area contributed by atoms with Crippen molar-refractivity contribution in [2.24, 2.45) is 17.8 Å². The summed E-state index contributed by atoms with van der Waals surface area (Å²) in [6.45, 7) is 2.29. The highest BCUT2D eigenvalue weighted by Gasteiger charge is 2.25. The van der Waals surface area contributed by atoms with Crippen LogP contribution in [0.4, 0.5) is 0 Å². The SMILES string of the molecule is CCCCCCCc1ccc([C@H]2CC[C@H](CC[C@H]3CC[C@H](CC/C=C/C#N)CC3)CC2)cc1. The van der Waals surface area contributed by atoms with Crippen molar-refractivity contribution in [2.75, 3.05) is 0 Å². The molecule has 2 aliphatic rings. The summed E-state index contributed by atoms with van der Waals surface area (Å²) in [5.41, 5.74) is 3.14. The van der Waals surface area contributed by atoms with Crippen molar-refractivity contribution >= 4 is 0 Å². The molecule has 0 saturated heterocycles. The third-order valence-electron chi connectivity index (χ3n) is 8.75. The van der Waals surface area contributed by atoms with E-state index in [-0.39, 0.29) is 0 Å². The Morgan fingerprint density at radius 2 is 1.33 bits per heavy atom. The monoisotopic (exact) mass is 447 g/mol. The molecule has 2 aliphatic carbocycles. The first-order valence-corrected chi connectivity index (χ1v) is 14.4. The van der Waals surface area contributed by atoms with Crippen molar-refractivity contribution in [3.8, 4) is 6.07 Å². The van der Waals surface area contributed by atoms with Gasteiger partial charge in [-0.3, -0.25) is 0 Å². The smallest absolute Gasteiger partial charge is 0.0908 e. The summed E-state index contributed by atoms with van der Waals surface area (Å²) in [6.07, 6.45) is 28.6. The normalized spacial score (nSPS) is 25.8. The van der Waals surface area contributed by atoms with Crippen molar-refractivity contribution in [3.05, 3.63) is 47.5 Å². The van der Waals surface area contributed by atoms with Crippen LogP contribution in [0.5, 0.6) is 0 Å². The molecular formula is C32H49N. The molecule has 0 N–H and O–H groups in total. The Kier molecular flexibility index (Phi) is 12.1. The maximum absolute atomic E-state index is 8.60. The van der Waals surface area contributed by atoms with Gasteiger partial charge in [0.1, 0.15) is 0 Å². The van der Waals surface area contributed by atoms with Crippen LogP contribution < -0.4 is 0 Å². The van der Waals surface area contributed by atoms with Crippen molar-refractivity contribution in [3.63, 3.8) is 0 Å². The summed E-state index contributed by atoms with van der Waals surface area (Å²) in [4.78, 5) is 0. The van der Waals surface area contributed by atoms with E-state index in [2.05, 4.69) is 37.3 Å². The molecule has 2 saturated carbocycles. The number of nitrogens with zero attached hydrogens (tertiary/aromatic N) is 1. The number of unbranched alkanes of at least 4 members (excludes halogenated alkanes) is 4. The third-order valence-corrected chi connectivity index (χ3v) is 8.75. The van der Waals surface area contributed by atoms with Gasteiger partial charge in [0.2, 0.25) is 0 Å². The van der Waals surface area contributed by atoms with Crippen LogP contribution in [-0.2, 0) is 6.42 Å². The van der Waals surface area contributed by atoms with E-state index in [9.17, 15) is 0 Å². The van der Waals surface area contributed by atoms with E-state index in [0.29, 0.717) is 0 Å². The van der Waals surface area contributed by atoms with Crippen molar-refractivity contribution in [1.82, 2.24) is 0 Å². The van der Waals surface area contributed by atoms with Crippen LogP contribution in [0.2, 0.25) is 0 Å². The second-order valence-corrected chi connectivity index (χ2v) is 11.2. The van der Waals surface area contributed by atoms with Crippen LogP contribution in [0.1, 0.15) is 133 Å². The van der Waals surface area contributed by atoms with Crippen LogP contribution >= 0.6 is 0 Å². The van der Waals surface area contributed by atoms with Gasteiger partial charge in [-0.2, -0.15) is 5.26 Å². The lowest BCUT2D eigenvalue weighted by Crippen LogP contribution is -2.17. The highest BCUT2D eigenvalue weighted by molar-refractivity contribution is 5.26. The van der Waals surface area contributed by atoms with Gasteiger partial charge < -0.3 is 0 Å². The average Bonchev–Trinajstić information content (AvgIpc) is 2.87. The van der Waals surface area contributed by atoms with Crippen LogP contribution in [0.3, 0.4) is 0 Å². The van der Waals surface area contributed by atoms with Gasteiger partial charge in [-0.25, -0.2) is 0 Å². The van der Waals surface area contributed by atoms with E-state index in [4.69, 9.17) is 5.26 Å². The third kappa shape index (κ3) is 9.68. The van der Waals surface area contributed by atoms with Crippen LogP contribution in [0.25, 0.3) is 0 Å². The number of allylic oxidation sites excluding steroid dienone is 2. The summed E-state index contributed by atoms with van der Waals surface area (Å²) in [5.74, 6) is 3.69. The van der Waals surface area contributed by atoms with Gasteiger partial charge in [0.05, 0.1) is 6.07 Å². The Bertz CT molecular complexity index is 693. The summed E-state index contributed by atoms with van der Waals surface area (Å²) in [7, 11) is 0. The predicted molar refractivity (Wildman–Crippen MR) is 142 cm³/mol. The van der Waals surface area contributed by atoms with Crippen LogP contribution in [-0.4, -0.2) is 0 Å². The van der Waals surface area contributed by atoms with Gasteiger partial charge in [-0.05, 0) is 86.2 Å². The summed E-state index contributed by atoms with van der Waals surface area (Å²) in [6, 6.07) is 11.8. The predicted octanol–water partition coefficient (Wildman–Crippen LogP) is 9.92. The fourth-order valence-electron chi connectivity index (χ4n) is 6.42. The Hall–Kier alpha value is -1.55. The van der Waals surface area contributed by atoms with Crippen molar-refractivity contribution < 1.29 is 0 Å². The molecule has 0 aromatic heterocycles. The molecule has 2 fully saturated rings. The Morgan fingerprint density at radius 1 is 0.758 bits per heavy atom. The zero-order valence-corrected chi connectivity index (χ0v) is 21.4. The first-order chi connectivity index (χ1) is 16.3. The zero-order chi connectivity index (χ0) is 23.1. The van der Waals surface area contributed by atoms with Gasteiger partial charge in [-0.15, -0.1) is 0 Å². The maximum atomic E-state index is 8.60. The average molecular weight is 448 g/mol. The molecule has 182 valence electrons. The second-order valence-electron chi connectivity index (χ2n) is 11.2. The van der Waals surface area contributed by atoms with Crippen molar-refractivity contribution in [1.29, 1.82) is 5.26 Å². The lowest BCUT2D eigenvalue weighted by atomic mass is 9.74. The highest BCUT2D eigenvalue weighted by atomic mass is 14.3. The number of benzene rings is 1. The summed E-state index contributed by atoms with van der Waals surface area (Å²) in [5, 5.41) is 8.60. The maximum Gasteiger partial charge on any atom is 0.0908 e. The van der Waals surface area contributed by atoms with Crippen molar-refractivity contribution in [2.45, 2.75) is 128 Å². The molecule has 0 spiro atoms. The minimum atomic E-state index is 0.811. The second kappa shape index (κ2) is 15.4. The van der Waals surface area contributed by atoms with E-state index in [1.165, 1.54) is 115 Å².